The first kappa shape index (κ1) is 14.6. The van der Waals surface area contributed by atoms with Gasteiger partial charge in [-0.1, -0.05) is 52.3 Å². The van der Waals surface area contributed by atoms with E-state index in [1.54, 1.807) is 0 Å². The molecule has 0 spiro atoms. The van der Waals surface area contributed by atoms with Crippen LogP contribution in [-0.4, -0.2) is 11.8 Å². The molecule has 0 saturated heterocycles. The quantitative estimate of drug-likeness (QED) is 0.786. The van der Waals surface area contributed by atoms with Crippen LogP contribution in [-0.2, 0) is 6.42 Å². The second kappa shape index (κ2) is 7.73. The molecule has 0 amide bonds. The summed E-state index contributed by atoms with van der Waals surface area (Å²) in [4.78, 5) is 1.27. The molecule has 0 aromatic heterocycles. The van der Waals surface area contributed by atoms with E-state index in [0.717, 1.165) is 23.1 Å². The van der Waals surface area contributed by atoms with Gasteiger partial charge in [-0.05, 0) is 36.6 Å². The van der Waals surface area contributed by atoms with E-state index in [2.05, 4.69) is 58.4 Å². The van der Waals surface area contributed by atoms with Gasteiger partial charge >= 0.3 is 0 Å². The highest BCUT2D eigenvalue weighted by Crippen LogP contribution is 2.22. The Hall–Kier alpha value is -0.770. The van der Waals surface area contributed by atoms with Crippen LogP contribution in [0.2, 0.25) is 0 Å². The van der Waals surface area contributed by atoms with E-state index in [4.69, 9.17) is 5.73 Å². The molecule has 2 N–H and O–H groups in total. The summed E-state index contributed by atoms with van der Waals surface area (Å²) in [5, 5.41) is 0. The number of benzene rings is 2. The van der Waals surface area contributed by atoms with E-state index in [1.807, 2.05) is 23.9 Å². The first-order valence-corrected chi connectivity index (χ1v) is 8.20. The first-order chi connectivity index (χ1) is 9.24. The molecule has 1 nitrogen and oxygen atoms in total. The maximum Gasteiger partial charge on any atom is 0.0186 e. The number of hydrogen-bond acceptors (Lipinski definition) is 2. The van der Waals surface area contributed by atoms with E-state index in [-0.39, 0.29) is 6.04 Å². The van der Waals surface area contributed by atoms with Gasteiger partial charge in [0.2, 0.25) is 0 Å². The highest BCUT2D eigenvalue weighted by Gasteiger charge is 2.04. The highest BCUT2D eigenvalue weighted by molar-refractivity contribution is 9.10. The van der Waals surface area contributed by atoms with Gasteiger partial charge in [0.25, 0.3) is 0 Å². The second-order valence-corrected chi connectivity index (χ2v) is 6.56. The molecule has 0 fully saturated rings. The molecule has 100 valence electrons. The van der Waals surface area contributed by atoms with Gasteiger partial charge in [0, 0.05) is 21.2 Å². The largest absolute Gasteiger partial charge is 0.327 e. The van der Waals surface area contributed by atoms with E-state index in [1.165, 1.54) is 10.5 Å². The van der Waals surface area contributed by atoms with E-state index in [0.29, 0.717) is 0 Å². The molecule has 0 radical (unpaired) electrons. The minimum Gasteiger partial charge on any atom is -0.327 e. The average Bonchev–Trinajstić information content (AvgIpc) is 2.44. The molecule has 0 bridgehead atoms. The number of halogens is 1. The Kier molecular flexibility index (Phi) is 5.95. The van der Waals surface area contributed by atoms with Crippen molar-refractivity contribution >= 4 is 27.7 Å². The lowest BCUT2D eigenvalue weighted by Crippen LogP contribution is -2.23. The van der Waals surface area contributed by atoms with Crippen molar-refractivity contribution in [2.24, 2.45) is 5.73 Å². The molecular formula is C16H18BrNS. The first-order valence-electron chi connectivity index (χ1n) is 6.42. The second-order valence-electron chi connectivity index (χ2n) is 4.55. The number of nitrogens with two attached hydrogens (primary N) is 1. The molecule has 0 heterocycles. The van der Waals surface area contributed by atoms with E-state index >= 15 is 0 Å². The van der Waals surface area contributed by atoms with Crippen LogP contribution < -0.4 is 5.73 Å². The van der Waals surface area contributed by atoms with Crippen LogP contribution in [0.5, 0.6) is 0 Å². The summed E-state index contributed by atoms with van der Waals surface area (Å²) in [7, 11) is 0. The summed E-state index contributed by atoms with van der Waals surface area (Å²) in [6.07, 6.45) is 2.09. The van der Waals surface area contributed by atoms with Crippen molar-refractivity contribution in [1.82, 2.24) is 0 Å². The summed E-state index contributed by atoms with van der Waals surface area (Å²) >= 11 is 5.31. The highest BCUT2D eigenvalue weighted by atomic mass is 79.9. The number of thioether (sulfide) groups is 1. The molecule has 2 rings (SSSR count). The van der Waals surface area contributed by atoms with Crippen molar-refractivity contribution < 1.29 is 0 Å². The van der Waals surface area contributed by atoms with Crippen molar-refractivity contribution in [3.8, 4) is 0 Å². The fourth-order valence-electron chi connectivity index (χ4n) is 1.84. The molecule has 0 aliphatic heterocycles. The van der Waals surface area contributed by atoms with Crippen LogP contribution >= 0.6 is 27.7 Å². The van der Waals surface area contributed by atoms with Gasteiger partial charge in [-0.15, -0.1) is 11.8 Å². The van der Waals surface area contributed by atoms with Crippen molar-refractivity contribution in [2.45, 2.75) is 23.8 Å². The fourth-order valence-corrected chi connectivity index (χ4v) is 3.35. The SMILES string of the molecule is NC(CCc1ccccc1)CSc1cccc(Br)c1. The lowest BCUT2D eigenvalue weighted by atomic mass is 10.1. The zero-order valence-corrected chi connectivity index (χ0v) is 13.2. The van der Waals surface area contributed by atoms with Gasteiger partial charge in [0.15, 0.2) is 0 Å². The van der Waals surface area contributed by atoms with Crippen LogP contribution in [0.1, 0.15) is 12.0 Å². The standard InChI is InChI=1S/C16H18BrNS/c17-14-7-4-8-16(11-14)19-12-15(18)10-9-13-5-2-1-3-6-13/h1-8,11,15H,9-10,12,18H2. The molecule has 2 aromatic rings. The molecule has 0 aliphatic rings. The summed E-state index contributed by atoms with van der Waals surface area (Å²) in [6.45, 7) is 0. The third kappa shape index (κ3) is 5.39. The smallest absolute Gasteiger partial charge is 0.0186 e. The van der Waals surface area contributed by atoms with Crippen LogP contribution in [0.3, 0.4) is 0 Å². The Balaban J connectivity index is 1.74. The predicted octanol–water partition coefficient (Wildman–Crippen LogP) is 4.50. The summed E-state index contributed by atoms with van der Waals surface area (Å²) < 4.78 is 1.12. The summed E-state index contributed by atoms with van der Waals surface area (Å²) in [6, 6.07) is 19.1. The minimum absolute atomic E-state index is 0.240. The Bertz CT molecular complexity index is 501. The van der Waals surface area contributed by atoms with Gasteiger partial charge in [0.05, 0.1) is 0 Å². The van der Waals surface area contributed by atoms with Crippen molar-refractivity contribution in [1.29, 1.82) is 0 Å². The van der Waals surface area contributed by atoms with Crippen LogP contribution in [0.25, 0.3) is 0 Å². The maximum absolute atomic E-state index is 6.17. The Morgan fingerprint density at radius 2 is 1.84 bits per heavy atom. The number of hydrogen-bond donors (Lipinski definition) is 1. The van der Waals surface area contributed by atoms with Crippen LogP contribution in [0.15, 0.2) is 64.0 Å². The van der Waals surface area contributed by atoms with Crippen molar-refractivity contribution in [3.05, 3.63) is 64.6 Å². The Labute approximate surface area is 127 Å². The Morgan fingerprint density at radius 3 is 2.58 bits per heavy atom. The lowest BCUT2D eigenvalue weighted by Gasteiger charge is -2.11. The fraction of sp³-hybridized carbons (Fsp3) is 0.250. The average molecular weight is 336 g/mol. The van der Waals surface area contributed by atoms with Gasteiger partial charge in [0.1, 0.15) is 0 Å². The van der Waals surface area contributed by atoms with Crippen molar-refractivity contribution in [3.63, 3.8) is 0 Å². The number of rotatable bonds is 6. The van der Waals surface area contributed by atoms with Gasteiger partial charge in [-0.2, -0.15) is 0 Å². The minimum atomic E-state index is 0.240. The van der Waals surface area contributed by atoms with Gasteiger partial charge < -0.3 is 5.73 Å². The third-order valence-corrected chi connectivity index (χ3v) is 4.58. The summed E-state index contributed by atoms with van der Waals surface area (Å²) in [5.74, 6) is 0.962. The maximum atomic E-state index is 6.17. The lowest BCUT2D eigenvalue weighted by molar-refractivity contribution is 0.674. The number of aryl methyl sites for hydroxylation is 1. The molecule has 3 heteroatoms. The third-order valence-electron chi connectivity index (χ3n) is 2.91. The van der Waals surface area contributed by atoms with Gasteiger partial charge in [-0.3, -0.25) is 0 Å². The van der Waals surface area contributed by atoms with Crippen LogP contribution in [0.4, 0.5) is 0 Å². The van der Waals surface area contributed by atoms with E-state index in [9.17, 15) is 0 Å². The molecule has 0 aliphatic carbocycles. The van der Waals surface area contributed by atoms with E-state index < -0.39 is 0 Å². The molecule has 1 atom stereocenters. The van der Waals surface area contributed by atoms with Crippen molar-refractivity contribution in [2.75, 3.05) is 5.75 Å². The summed E-state index contributed by atoms with van der Waals surface area (Å²) in [5.41, 5.74) is 7.54. The zero-order chi connectivity index (χ0) is 13.5. The normalized spacial score (nSPS) is 12.3. The van der Waals surface area contributed by atoms with Gasteiger partial charge in [-0.25, -0.2) is 0 Å². The molecule has 1 unspecified atom stereocenters. The topological polar surface area (TPSA) is 26.0 Å². The molecular weight excluding hydrogens is 318 g/mol. The Morgan fingerprint density at radius 1 is 1.05 bits per heavy atom. The molecule has 19 heavy (non-hydrogen) atoms. The van der Waals surface area contributed by atoms with Crippen LogP contribution in [0, 0.1) is 0 Å². The molecule has 2 aromatic carbocycles. The zero-order valence-electron chi connectivity index (χ0n) is 10.8. The predicted molar refractivity (Wildman–Crippen MR) is 87.6 cm³/mol. The monoisotopic (exact) mass is 335 g/mol. The molecule has 0 saturated carbocycles.